The van der Waals surface area contributed by atoms with Crippen molar-refractivity contribution in [3.63, 3.8) is 0 Å². The maximum absolute atomic E-state index is 6.32. The summed E-state index contributed by atoms with van der Waals surface area (Å²) >= 11 is 6.32. The Balaban J connectivity index is 2.05. The second-order valence-electron chi connectivity index (χ2n) is 5.29. The molecule has 122 valence electrons. The van der Waals surface area contributed by atoms with Gasteiger partial charge in [-0.15, -0.1) is 0 Å². The van der Waals surface area contributed by atoms with Crippen LogP contribution >= 0.6 is 11.6 Å². The first kappa shape index (κ1) is 16.3. The van der Waals surface area contributed by atoms with Crippen molar-refractivity contribution >= 4 is 34.7 Å². The molecule has 5 heteroatoms. The number of halogens is 1. The van der Waals surface area contributed by atoms with Crippen LogP contribution in [0, 0.1) is 6.92 Å². The number of methoxy groups -OCH3 is 2. The van der Waals surface area contributed by atoms with Crippen LogP contribution in [0.5, 0.6) is 11.5 Å². The summed E-state index contributed by atoms with van der Waals surface area (Å²) in [6, 6.07) is 11.7. The van der Waals surface area contributed by atoms with E-state index in [1.165, 1.54) is 5.56 Å². The predicted molar refractivity (Wildman–Crippen MR) is 97.8 cm³/mol. The molecular formula is C19H17ClN2O2. The van der Waals surface area contributed by atoms with Crippen LogP contribution < -0.4 is 9.47 Å². The summed E-state index contributed by atoms with van der Waals surface area (Å²) in [5, 5.41) is 1.10. The molecule has 3 aromatic rings. The Labute approximate surface area is 145 Å². The van der Waals surface area contributed by atoms with Gasteiger partial charge in [-0.25, -0.2) is 9.97 Å². The van der Waals surface area contributed by atoms with Gasteiger partial charge in [0.15, 0.2) is 17.3 Å². The van der Waals surface area contributed by atoms with Gasteiger partial charge in [0.25, 0.3) is 0 Å². The molecule has 0 aliphatic rings. The highest BCUT2D eigenvalue weighted by Crippen LogP contribution is 2.33. The van der Waals surface area contributed by atoms with Gasteiger partial charge in [0.1, 0.15) is 5.15 Å². The van der Waals surface area contributed by atoms with Gasteiger partial charge >= 0.3 is 0 Å². The van der Waals surface area contributed by atoms with Crippen molar-refractivity contribution in [2.24, 2.45) is 0 Å². The number of fused-ring (bicyclic) bond motifs is 1. The molecule has 0 fully saturated rings. The molecule has 0 bridgehead atoms. The van der Waals surface area contributed by atoms with E-state index in [9.17, 15) is 0 Å². The Hall–Kier alpha value is -2.59. The Bertz CT molecular complexity index is 923. The monoisotopic (exact) mass is 340 g/mol. The molecule has 4 nitrogen and oxygen atoms in total. The smallest absolute Gasteiger partial charge is 0.162 e. The lowest BCUT2D eigenvalue weighted by molar-refractivity contribution is 0.356. The standard InChI is InChI=1S/C19H17ClN2O2/c1-12-6-4-5-7-13(12)8-9-18-21-15-11-17(24-3)16(23-2)10-14(15)19(20)22-18/h4-11H,1-3H3/b9-8+. The van der Waals surface area contributed by atoms with E-state index in [-0.39, 0.29) is 0 Å². The third kappa shape index (κ3) is 3.19. The second-order valence-corrected chi connectivity index (χ2v) is 5.64. The minimum absolute atomic E-state index is 0.380. The average Bonchev–Trinajstić information content (AvgIpc) is 2.60. The zero-order valence-corrected chi connectivity index (χ0v) is 14.5. The van der Waals surface area contributed by atoms with Crippen LogP contribution in [0.4, 0.5) is 0 Å². The number of ether oxygens (including phenoxy) is 2. The van der Waals surface area contributed by atoms with Gasteiger partial charge in [-0.2, -0.15) is 0 Å². The Morgan fingerprint density at radius 2 is 1.67 bits per heavy atom. The van der Waals surface area contributed by atoms with Gasteiger partial charge in [0, 0.05) is 11.5 Å². The minimum atomic E-state index is 0.380. The molecule has 0 amide bonds. The highest BCUT2D eigenvalue weighted by molar-refractivity contribution is 6.34. The van der Waals surface area contributed by atoms with Crippen LogP contribution in [0.2, 0.25) is 5.15 Å². The molecule has 0 aliphatic heterocycles. The van der Waals surface area contributed by atoms with E-state index >= 15 is 0 Å². The molecule has 0 radical (unpaired) electrons. The number of benzene rings is 2. The fourth-order valence-corrected chi connectivity index (χ4v) is 2.69. The lowest BCUT2D eigenvalue weighted by Crippen LogP contribution is -1.95. The first-order valence-electron chi connectivity index (χ1n) is 7.45. The summed E-state index contributed by atoms with van der Waals surface area (Å²) in [5.41, 5.74) is 3.01. The summed E-state index contributed by atoms with van der Waals surface area (Å²) in [6.07, 6.45) is 3.83. The molecule has 0 N–H and O–H groups in total. The Morgan fingerprint density at radius 3 is 2.38 bits per heavy atom. The largest absolute Gasteiger partial charge is 0.493 e. The van der Waals surface area contributed by atoms with Crippen molar-refractivity contribution in [2.75, 3.05) is 14.2 Å². The number of aryl methyl sites for hydroxylation is 1. The summed E-state index contributed by atoms with van der Waals surface area (Å²) in [5.74, 6) is 1.75. The number of rotatable bonds is 4. The molecule has 0 aliphatic carbocycles. The van der Waals surface area contributed by atoms with Crippen LogP contribution in [0.15, 0.2) is 36.4 Å². The molecule has 0 atom stereocenters. The molecule has 2 aromatic carbocycles. The molecule has 0 saturated heterocycles. The second kappa shape index (κ2) is 6.89. The fraction of sp³-hybridized carbons (Fsp3) is 0.158. The maximum atomic E-state index is 6.32. The van der Waals surface area contributed by atoms with Crippen LogP contribution in [-0.4, -0.2) is 24.2 Å². The molecule has 0 unspecified atom stereocenters. The third-order valence-electron chi connectivity index (χ3n) is 3.77. The zero-order chi connectivity index (χ0) is 17.1. The summed E-state index contributed by atoms with van der Waals surface area (Å²) < 4.78 is 10.6. The molecule has 0 saturated carbocycles. The predicted octanol–water partition coefficient (Wildman–Crippen LogP) is 4.78. The zero-order valence-electron chi connectivity index (χ0n) is 13.7. The number of aromatic nitrogens is 2. The maximum Gasteiger partial charge on any atom is 0.162 e. The van der Waals surface area contributed by atoms with E-state index in [4.69, 9.17) is 21.1 Å². The van der Waals surface area contributed by atoms with Gasteiger partial charge in [-0.05, 0) is 30.2 Å². The molecular weight excluding hydrogens is 324 g/mol. The van der Waals surface area contributed by atoms with Gasteiger partial charge in [-0.1, -0.05) is 41.9 Å². The van der Waals surface area contributed by atoms with Crippen molar-refractivity contribution in [1.82, 2.24) is 9.97 Å². The average molecular weight is 341 g/mol. The number of nitrogens with zero attached hydrogens (tertiary/aromatic N) is 2. The van der Waals surface area contributed by atoms with E-state index in [2.05, 4.69) is 23.0 Å². The van der Waals surface area contributed by atoms with Crippen LogP contribution in [0.1, 0.15) is 17.0 Å². The van der Waals surface area contributed by atoms with Gasteiger partial charge < -0.3 is 9.47 Å². The fourth-order valence-electron chi connectivity index (χ4n) is 2.45. The topological polar surface area (TPSA) is 44.2 Å². The van der Waals surface area contributed by atoms with Crippen LogP contribution in [0.25, 0.3) is 23.1 Å². The normalized spacial score (nSPS) is 11.2. The molecule has 24 heavy (non-hydrogen) atoms. The first-order chi connectivity index (χ1) is 11.6. The number of hydrogen-bond acceptors (Lipinski definition) is 4. The number of hydrogen-bond donors (Lipinski definition) is 0. The summed E-state index contributed by atoms with van der Waals surface area (Å²) in [4.78, 5) is 8.89. The summed E-state index contributed by atoms with van der Waals surface area (Å²) in [7, 11) is 3.17. The Kier molecular flexibility index (Phi) is 4.67. The van der Waals surface area contributed by atoms with Crippen molar-refractivity contribution < 1.29 is 9.47 Å². The third-order valence-corrected chi connectivity index (χ3v) is 4.06. The molecule has 0 spiro atoms. The first-order valence-corrected chi connectivity index (χ1v) is 7.83. The summed E-state index contributed by atoms with van der Waals surface area (Å²) in [6.45, 7) is 2.06. The van der Waals surface area contributed by atoms with E-state index < -0.39 is 0 Å². The lowest BCUT2D eigenvalue weighted by atomic mass is 10.1. The quantitative estimate of drug-likeness (QED) is 0.641. The Morgan fingerprint density at radius 1 is 0.958 bits per heavy atom. The van der Waals surface area contributed by atoms with E-state index in [0.717, 1.165) is 10.9 Å². The SMILES string of the molecule is COc1cc2nc(/C=C/c3ccccc3C)nc(Cl)c2cc1OC. The minimum Gasteiger partial charge on any atom is -0.493 e. The van der Waals surface area contributed by atoms with Crippen molar-refractivity contribution in [2.45, 2.75) is 6.92 Å². The molecule has 1 heterocycles. The highest BCUT2D eigenvalue weighted by atomic mass is 35.5. The van der Waals surface area contributed by atoms with Gasteiger partial charge in [-0.3, -0.25) is 0 Å². The van der Waals surface area contributed by atoms with E-state index in [1.807, 2.05) is 30.4 Å². The lowest BCUT2D eigenvalue weighted by Gasteiger charge is -2.09. The highest BCUT2D eigenvalue weighted by Gasteiger charge is 2.11. The van der Waals surface area contributed by atoms with E-state index in [1.54, 1.807) is 26.4 Å². The van der Waals surface area contributed by atoms with Gasteiger partial charge in [0.2, 0.25) is 0 Å². The molecule has 1 aromatic heterocycles. The van der Waals surface area contributed by atoms with Crippen LogP contribution in [0.3, 0.4) is 0 Å². The van der Waals surface area contributed by atoms with Crippen molar-refractivity contribution in [1.29, 1.82) is 0 Å². The van der Waals surface area contributed by atoms with E-state index in [0.29, 0.717) is 28.0 Å². The van der Waals surface area contributed by atoms with Crippen LogP contribution in [-0.2, 0) is 0 Å². The van der Waals surface area contributed by atoms with Crippen molar-refractivity contribution in [3.05, 3.63) is 58.5 Å². The molecule has 3 rings (SSSR count). The van der Waals surface area contributed by atoms with Gasteiger partial charge in [0.05, 0.1) is 19.7 Å². The van der Waals surface area contributed by atoms with Crippen molar-refractivity contribution in [3.8, 4) is 11.5 Å².